The minimum atomic E-state index is -0.892. The lowest BCUT2D eigenvalue weighted by Gasteiger charge is -2.35. The number of likely N-dealkylation sites (tertiary alicyclic amines) is 1. The number of nitrogens with zero attached hydrogens (tertiary/aromatic N) is 3. The second-order valence-electron chi connectivity index (χ2n) is 10.4. The summed E-state index contributed by atoms with van der Waals surface area (Å²) >= 11 is 1.28. The molecule has 0 saturated carbocycles. The summed E-state index contributed by atoms with van der Waals surface area (Å²) in [6.07, 6.45) is 0.950. The maximum Gasteiger partial charge on any atom is 0.327 e. The van der Waals surface area contributed by atoms with Crippen LogP contribution in [0.15, 0.2) is 65.8 Å². The number of β-amino-alcohol motifs (C(OH)–C–C–N with tert-alkyl or cyclic N) is 1. The average molecular weight is 590 g/mol. The highest BCUT2D eigenvalue weighted by Crippen LogP contribution is 2.51. The number of thioether (sulfide) groups is 1. The molecular formula is C30H31N5O6S. The molecule has 3 aliphatic rings. The summed E-state index contributed by atoms with van der Waals surface area (Å²) in [6, 6.07) is 15.2. The van der Waals surface area contributed by atoms with Gasteiger partial charge >= 0.3 is 6.03 Å². The van der Waals surface area contributed by atoms with Crippen molar-refractivity contribution in [3.8, 4) is 11.5 Å². The molecule has 0 aliphatic carbocycles. The fourth-order valence-electron chi connectivity index (χ4n) is 5.58. The zero-order chi connectivity index (χ0) is 29.4. The lowest BCUT2D eigenvalue weighted by atomic mass is 9.99. The number of hydrogen-bond donors (Lipinski definition) is 3. The van der Waals surface area contributed by atoms with Gasteiger partial charge in [-0.15, -0.1) is 0 Å². The normalized spacial score (nSPS) is 22.5. The van der Waals surface area contributed by atoms with Gasteiger partial charge in [0.05, 0.1) is 42.6 Å². The minimum absolute atomic E-state index is 0.140. The van der Waals surface area contributed by atoms with Crippen LogP contribution >= 0.6 is 11.8 Å². The number of methoxy groups -OCH3 is 1. The Morgan fingerprint density at radius 1 is 1.12 bits per heavy atom. The summed E-state index contributed by atoms with van der Waals surface area (Å²) in [7, 11) is 1.52. The van der Waals surface area contributed by atoms with E-state index in [1.807, 2.05) is 55.5 Å². The molecular weight excluding hydrogens is 558 g/mol. The Bertz CT molecular complexity index is 1520. The Kier molecular flexibility index (Phi) is 7.76. The van der Waals surface area contributed by atoms with Gasteiger partial charge in [0, 0.05) is 32.0 Å². The van der Waals surface area contributed by atoms with Crippen LogP contribution in [-0.4, -0.2) is 77.0 Å². The monoisotopic (exact) mass is 589 g/mol. The molecule has 3 aromatic rings. The third-order valence-corrected chi connectivity index (χ3v) is 8.93. The fourth-order valence-corrected chi connectivity index (χ4v) is 6.81. The van der Waals surface area contributed by atoms with Crippen molar-refractivity contribution in [3.05, 3.63) is 71.9 Å². The molecule has 6 rings (SSSR count). The number of nitrogens with one attached hydrogen (secondary N) is 2. The first kappa shape index (κ1) is 28.0. The largest absolute Gasteiger partial charge is 0.457 e. The summed E-state index contributed by atoms with van der Waals surface area (Å²) in [5, 5.41) is 16.5. The number of hydrogen-bond acceptors (Lipinski definition) is 8. The van der Waals surface area contributed by atoms with Gasteiger partial charge in [0.15, 0.2) is 0 Å². The molecule has 42 heavy (non-hydrogen) atoms. The molecule has 3 N–H and O–H groups in total. The summed E-state index contributed by atoms with van der Waals surface area (Å²) in [6.45, 7) is 2.55. The van der Waals surface area contributed by atoms with E-state index in [4.69, 9.17) is 9.47 Å². The van der Waals surface area contributed by atoms with E-state index in [9.17, 15) is 19.5 Å². The standard InChI is InChI=1S/C30H31N5O6S/c1-17-14-19(41-18-6-4-3-5-7-18)8-9-21(17)35-22-10-12-31-29-25(22)26(33-30(35)39)27(42-29)28(38)32-20-15-34(16-23(20)36)24(37)11-13-40-2/h3-10,12,14,20,23,26-27,36H,11,13,15-16H2,1-2H3,(H,32,38)(H,33,39)/t20-,23-,26?,27?/m0/s1. The lowest BCUT2D eigenvalue weighted by Crippen LogP contribution is -2.52. The van der Waals surface area contributed by atoms with E-state index < -0.39 is 23.4 Å². The summed E-state index contributed by atoms with van der Waals surface area (Å²) in [4.78, 5) is 47.1. The van der Waals surface area contributed by atoms with Crippen LogP contribution < -0.4 is 20.3 Å². The number of carbonyl (C=O) groups is 3. The predicted octanol–water partition coefficient (Wildman–Crippen LogP) is 3.28. The number of aryl methyl sites for hydroxylation is 1. The van der Waals surface area contributed by atoms with Crippen LogP contribution in [0.1, 0.15) is 23.6 Å². The molecule has 3 aliphatic heterocycles. The van der Waals surface area contributed by atoms with Gasteiger partial charge in [0.1, 0.15) is 21.8 Å². The molecule has 0 bridgehead atoms. The maximum absolute atomic E-state index is 13.6. The van der Waals surface area contributed by atoms with Gasteiger partial charge in [-0.25, -0.2) is 9.78 Å². The van der Waals surface area contributed by atoms with E-state index >= 15 is 0 Å². The number of pyridine rings is 1. The zero-order valence-corrected chi connectivity index (χ0v) is 24.0. The Morgan fingerprint density at radius 3 is 2.69 bits per heavy atom. The number of carbonyl (C=O) groups excluding carboxylic acids is 3. The van der Waals surface area contributed by atoms with Crippen molar-refractivity contribution in [2.75, 3.05) is 31.7 Å². The lowest BCUT2D eigenvalue weighted by molar-refractivity contribution is -0.131. The molecule has 11 nitrogen and oxygen atoms in total. The molecule has 218 valence electrons. The zero-order valence-electron chi connectivity index (χ0n) is 23.1. The van der Waals surface area contributed by atoms with Crippen molar-refractivity contribution in [2.45, 2.75) is 41.8 Å². The highest BCUT2D eigenvalue weighted by molar-refractivity contribution is 8.01. The van der Waals surface area contributed by atoms with E-state index in [0.29, 0.717) is 27.9 Å². The summed E-state index contributed by atoms with van der Waals surface area (Å²) < 4.78 is 10.9. The molecule has 4 atom stereocenters. The number of urea groups is 1. The van der Waals surface area contributed by atoms with Crippen molar-refractivity contribution in [3.63, 3.8) is 0 Å². The van der Waals surface area contributed by atoms with Crippen molar-refractivity contribution in [1.82, 2.24) is 20.5 Å². The Morgan fingerprint density at radius 2 is 1.93 bits per heavy atom. The highest BCUT2D eigenvalue weighted by atomic mass is 32.2. The van der Waals surface area contributed by atoms with E-state index in [0.717, 1.165) is 11.1 Å². The number of benzene rings is 2. The van der Waals surface area contributed by atoms with Crippen LogP contribution in [0.5, 0.6) is 11.5 Å². The van der Waals surface area contributed by atoms with Gasteiger partial charge in [-0.2, -0.15) is 0 Å². The van der Waals surface area contributed by atoms with Gasteiger partial charge in [-0.05, 0) is 48.9 Å². The van der Waals surface area contributed by atoms with Crippen LogP contribution in [-0.2, 0) is 14.3 Å². The van der Waals surface area contributed by atoms with Crippen molar-refractivity contribution >= 4 is 41.0 Å². The molecule has 4 heterocycles. The Labute approximate surface area is 247 Å². The SMILES string of the molecule is COCCC(=O)N1C[C@H](NC(=O)C2Sc3nccc4c3C2NC(=O)N4c2ccc(Oc3ccccc3)cc2C)[C@@H](O)C1. The minimum Gasteiger partial charge on any atom is -0.457 e. The average Bonchev–Trinajstić information content (AvgIpc) is 3.54. The van der Waals surface area contributed by atoms with E-state index in [-0.39, 0.29) is 44.0 Å². The van der Waals surface area contributed by atoms with Gasteiger partial charge in [0.25, 0.3) is 0 Å². The first-order valence-electron chi connectivity index (χ1n) is 13.7. The smallest absolute Gasteiger partial charge is 0.327 e. The summed E-state index contributed by atoms with van der Waals surface area (Å²) in [5.74, 6) is 0.889. The quantitative estimate of drug-likeness (QED) is 0.365. The van der Waals surface area contributed by atoms with Gasteiger partial charge in [-0.3, -0.25) is 14.5 Å². The molecule has 1 aromatic heterocycles. The number of aromatic nitrogens is 1. The van der Waals surface area contributed by atoms with Gasteiger partial charge in [0.2, 0.25) is 11.8 Å². The number of anilines is 2. The van der Waals surface area contributed by atoms with Crippen LogP contribution in [0.4, 0.5) is 16.2 Å². The second-order valence-corrected chi connectivity index (χ2v) is 11.6. The number of aliphatic hydroxyl groups is 1. The molecule has 1 fully saturated rings. The molecule has 4 amide bonds. The third kappa shape index (κ3) is 5.28. The highest BCUT2D eigenvalue weighted by Gasteiger charge is 2.48. The number of aliphatic hydroxyl groups excluding tert-OH is 1. The Balaban J connectivity index is 1.20. The van der Waals surface area contributed by atoms with Crippen LogP contribution in [0.3, 0.4) is 0 Å². The van der Waals surface area contributed by atoms with Crippen molar-refractivity contribution in [1.29, 1.82) is 0 Å². The number of rotatable bonds is 8. The molecule has 0 spiro atoms. The van der Waals surface area contributed by atoms with Gasteiger partial charge < -0.3 is 30.1 Å². The topological polar surface area (TPSA) is 133 Å². The molecule has 0 radical (unpaired) electrons. The van der Waals surface area contributed by atoms with Crippen molar-refractivity contribution < 1.29 is 29.0 Å². The fraction of sp³-hybridized carbons (Fsp3) is 0.333. The molecule has 2 aromatic carbocycles. The van der Waals surface area contributed by atoms with E-state index in [2.05, 4.69) is 15.6 Å². The molecule has 12 heteroatoms. The van der Waals surface area contributed by atoms with Crippen LogP contribution in [0.2, 0.25) is 0 Å². The number of amides is 4. The second kappa shape index (κ2) is 11.6. The first-order chi connectivity index (χ1) is 20.3. The van der Waals surface area contributed by atoms with E-state index in [1.54, 1.807) is 17.2 Å². The van der Waals surface area contributed by atoms with Crippen LogP contribution in [0, 0.1) is 6.92 Å². The maximum atomic E-state index is 13.6. The first-order valence-corrected chi connectivity index (χ1v) is 14.6. The third-order valence-electron chi connectivity index (χ3n) is 7.64. The number of ether oxygens (including phenoxy) is 2. The number of para-hydroxylation sites is 1. The van der Waals surface area contributed by atoms with Gasteiger partial charge in [-0.1, -0.05) is 30.0 Å². The molecule has 2 unspecified atom stereocenters. The summed E-state index contributed by atoms with van der Waals surface area (Å²) in [5.41, 5.74) is 2.95. The van der Waals surface area contributed by atoms with E-state index in [1.165, 1.54) is 23.8 Å². The Hall–Kier alpha value is -4.13. The molecule has 1 saturated heterocycles. The van der Waals surface area contributed by atoms with Crippen LogP contribution in [0.25, 0.3) is 0 Å². The predicted molar refractivity (Wildman–Crippen MR) is 156 cm³/mol. The van der Waals surface area contributed by atoms with Crippen molar-refractivity contribution in [2.24, 2.45) is 0 Å².